The molecule has 0 unspecified atom stereocenters. The lowest BCUT2D eigenvalue weighted by molar-refractivity contribution is -0.139. The van der Waals surface area contributed by atoms with Crippen molar-refractivity contribution in [2.45, 2.75) is 12.8 Å². The molecule has 0 N–H and O–H groups in total. The van der Waals surface area contributed by atoms with E-state index in [0.717, 1.165) is 7.11 Å². The van der Waals surface area contributed by atoms with Gasteiger partial charge in [-0.05, 0) is 22.0 Å². The molecular formula is C10H7BrF2N2O2. The summed E-state index contributed by atoms with van der Waals surface area (Å²) in [7, 11) is 1.15. The first-order valence-electron chi connectivity index (χ1n) is 4.44. The molecule has 7 heteroatoms. The van der Waals surface area contributed by atoms with Gasteiger partial charge in [0.2, 0.25) is 0 Å². The van der Waals surface area contributed by atoms with Crippen LogP contribution in [-0.4, -0.2) is 18.1 Å². The second-order valence-corrected chi connectivity index (χ2v) is 3.83. The SMILES string of the molecule is COC(=O)Cc1nc(Br)cc(C#N)c1C(F)F. The number of ether oxygens (including phenoxy) is 1. The summed E-state index contributed by atoms with van der Waals surface area (Å²) < 4.78 is 30.2. The van der Waals surface area contributed by atoms with E-state index in [-0.39, 0.29) is 15.9 Å². The number of nitriles is 1. The molecule has 90 valence electrons. The molecule has 4 nitrogen and oxygen atoms in total. The van der Waals surface area contributed by atoms with Crippen LogP contribution >= 0.6 is 15.9 Å². The van der Waals surface area contributed by atoms with E-state index in [1.807, 2.05) is 0 Å². The Bertz CT molecular complexity index is 486. The van der Waals surface area contributed by atoms with E-state index in [1.54, 1.807) is 6.07 Å². The lowest BCUT2D eigenvalue weighted by Gasteiger charge is -2.09. The molecule has 0 aliphatic heterocycles. The van der Waals surface area contributed by atoms with Gasteiger partial charge in [-0.25, -0.2) is 13.8 Å². The Labute approximate surface area is 104 Å². The summed E-state index contributed by atoms with van der Waals surface area (Å²) in [6.07, 6.45) is -3.27. The summed E-state index contributed by atoms with van der Waals surface area (Å²) >= 11 is 2.99. The van der Waals surface area contributed by atoms with Crippen molar-refractivity contribution in [1.29, 1.82) is 5.26 Å². The van der Waals surface area contributed by atoms with Gasteiger partial charge in [0.15, 0.2) is 0 Å². The summed E-state index contributed by atoms with van der Waals surface area (Å²) in [5.41, 5.74) is -0.889. The minimum atomic E-state index is -2.87. The van der Waals surface area contributed by atoms with Crippen LogP contribution in [0, 0.1) is 11.3 Å². The third-order valence-electron chi connectivity index (χ3n) is 1.98. The molecule has 0 fully saturated rings. The summed E-state index contributed by atoms with van der Waals surface area (Å²) in [5.74, 6) is -0.693. The van der Waals surface area contributed by atoms with Crippen LogP contribution in [0.1, 0.15) is 23.2 Å². The maximum Gasteiger partial charge on any atom is 0.311 e. The summed E-state index contributed by atoms with van der Waals surface area (Å²) in [5, 5.41) is 8.76. The van der Waals surface area contributed by atoms with Gasteiger partial charge in [-0.1, -0.05) is 0 Å². The minimum absolute atomic E-state index is 0.155. The number of nitrogens with zero attached hydrogens (tertiary/aromatic N) is 2. The van der Waals surface area contributed by atoms with E-state index in [4.69, 9.17) is 5.26 Å². The molecule has 0 radical (unpaired) electrons. The predicted octanol–water partition coefficient (Wildman–Crippen LogP) is 2.37. The van der Waals surface area contributed by atoms with Crippen LogP contribution in [0.25, 0.3) is 0 Å². The molecule has 0 aliphatic carbocycles. The minimum Gasteiger partial charge on any atom is -0.469 e. The molecule has 0 atom stereocenters. The zero-order valence-corrected chi connectivity index (χ0v) is 10.3. The van der Waals surface area contributed by atoms with Gasteiger partial charge >= 0.3 is 5.97 Å². The second kappa shape index (κ2) is 5.68. The van der Waals surface area contributed by atoms with E-state index in [1.165, 1.54) is 6.07 Å². The lowest BCUT2D eigenvalue weighted by atomic mass is 10.1. The van der Waals surface area contributed by atoms with E-state index in [2.05, 4.69) is 25.7 Å². The fraction of sp³-hybridized carbons (Fsp3) is 0.300. The van der Waals surface area contributed by atoms with Crippen molar-refractivity contribution in [3.63, 3.8) is 0 Å². The van der Waals surface area contributed by atoms with Crippen LogP contribution in [-0.2, 0) is 16.0 Å². The predicted molar refractivity (Wildman–Crippen MR) is 57.3 cm³/mol. The molecule has 1 rings (SSSR count). The molecule has 0 bridgehead atoms. The third-order valence-corrected chi connectivity index (χ3v) is 2.39. The standard InChI is InChI=1S/C10H7BrF2N2O2/c1-17-8(16)3-6-9(10(12)13)5(4-14)2-7(11)15-6/h2,10H,3H2,1H3. The Balaban J connectivity index is 3.31. The van der Waals surface area contributed by atoms with E-state index in [0.29, 0.717) is 0 Å². The van der Waals surface area contributed by atoms with Crippen molar-refractivity contribution in [2.75, 3.05) is 7.11 Å². The Kier molecular flexibility index (Phi) is 4.52. The first-order chi connectivity index (χ1) is 7.99. The first-order valence-corrected chi connectivity index (χ1v) is 5.23. The van der Waals surface area contributed by atoms with Crippen molar-refractivity contribution >= 4 is 21.9 Å². The summed E-state index contributed by atoms with van der Waals surface area (Å²) in [4.78, 5) is 14.8. The van der Waals surface area contributed by atoms with Crippen molar-refractivity contribution in [3.05, 3.63) is 27.5 Å². The number of carbonyl (C=O) groups excluding carboxylic acids is 1. The van der Waals surface area contributed by atoms with Gasteiger partial charge in [0.25, 0.3) is 6.43 Å². The fourth-order valence-electron chi connectivity index (χ4n) is 1.25. The highest BCUT2D eigenvalue weighted by Gasteiger charge is 2.22. The van der Waals surface area contributed by atoms with Crippen molar-refractivity contribution < 1.29 is 18.3 Å². The van der Waals surface area contributed by atoms with E-state index < -0.39 is 24.4 Å². The molecule has 0 amide bonds. The molecule has 0 saturated heterocycles. The second-order valence-electron chi connectivity index (χ2n) is 3.02. The van der Waals surface area contributed by atoms with Gasteiger partial charge in [0.1, 0.15) is 4.60 Å². The number of hydrogen-bond donors (Lipinski definition) is 0. The van der Waals surface area contributed by atoms with Gasteiger partial charge in [0.05, 0.1) is 36.4 Å². The molecule has 1 heterocycles. The number of alkyl halides is 2. The number of hydrogen-bond acceptors (Lipinski definition) is 4. The van der Waals surface area contributed by atoms with Crippen LogP contribution in [0.5, 0.6) is 0 Å². The lowest BCUT2D eigenvalue weighted by Crippen LogP contribution is -2.11. The summed E-state index contributed by atoms with van der Waals surface area (Å²) in [6, 6.07) is 2.83. The van der Waals surface area contributed by atoms with E-state index >= 15 is 0 Å². The van der Waals surface area contributed by atoms with E-state index in [9.17, 15) is 13.6 Å². The number of halogens is 3. The molecule has 1 aromatic rings. The van der Waals surface area contributed by atoms with Gasteiger partial charge in [-0.2, -0.15) is 5.26 Å². The number of carbonyl (C=O) groups is 1. The molecule has 0 aliphatic rings. The van der Waals surface area contributed by atoms with Gasteiger partial charge < -0.3 is 4.74 Å². The average molecular weight is 305 g/mol. The Morgan fingerprint density at radius 3 is 2.82 bits per heavy atom. The smallest absolute Gasteiger partial charge is 0.311 e. The monoisotopic (exact) mass is 304 g/mol. The number of esters is 1. The number of aromatic nitrogens is 1. The highest BCUT2D eigenvalue weighted by atomic mass is 79.9. The maximum atomic E-state index is 12.8. The zero-order valence-electron chi connectivity index (χ0n) is 8.71. The Morgan fingerprint density at radius 2 is 2.35 bits per heavy atom. The molecule has 1 aromatic heterocycles. The average Bonchev–Trinajstić information content (AvgIpc) is 2.27. The molecule has 17 heavy (non-hydrogen) atoms. The largest absolute Gasteiger partial charge is 0.469 e. The van der Waals surface area contributed by atoms with Crippen molar-refractivity contribution in [2.24, 2.45) is 0 Å². The molecular weight excluding hydrogens is 298 g/mol. The Hall–Kier alpha value is -1.55. The molecule has 0 aromatic carbocycles. The molecule has 0 saturated carbocycles. The number of methoxy groups -OCH3 is 1. The van der Waals surface area contributed by atoms with Crippen LogP contribution in [0.2, 0.25) is 0 Å². The fourth-order valence-corrected chi connectivity index (χ4v) is 1.70. The van der Waals surface area contributed by atoms with Gasteiger partial charge in [-0.15, -0.1) is 0 Å². The highest BCUT2D eigenvalue weighted by molar-refractivity contribution is 9.10. The third kappa shape index (κ3) is 3.20. The van der Waals surface area contributed by atoms with Crippen LogP contribution < -0.4 is 0 Å². The highest BCUT2D eigenvalue weighted by Crippen LogP contribution is 2.28. The summed E-state index contributed by atoms with van der Waals surface area (Å²) in [6.45, 7) is 0. The van der Waals surface area contributed by atoms with Gasteiger partial charge in [0, 0.05) is 0 Å². The first kappa shape index (κ1) is 13.5. The zero-order chi connectivity index (χ0) is 13.0. The normalized spacial score (nSPS) is 10.1. The Morgan fingerprint density at radius 1 is 1.71 bits per heavy atom. The molecule has 0 spiro atoms. The van der Waals surface area contributed by atoms with Gasteiger partial charge in [-0.3, -0.25) is 4.79 Å². The maximum absolute atomic E-state index is 12.8. The quantitative estimate of drug-likeness (QED) is 0.635. The van der Waals surface area contributed by atoms with Crippen molar-refractivity contribution in [3.8, 4) is 6.07 Å². The van der Waals surface area contributed by atoms with Crippen LogP contribution in [0.4, 0.5) is 8.78 Å². The van der Waals surface area contributed by atoms with Crippen LogP contribution in [0.3, 0.4) is 0 Å². The number of pyridine rings is 1. The topological polar surface area (TPSA) is 63.0 Å². The van der Waals surface area contributed by atoms with Crippen molar-refractivity contribution in [1.82, 2.24) is 4.98 Å². The number of rotatable bonds is 3. The van der Waals surface area contributed by atoms with Crippen LogP contribution in [0.15, 0.2) is 10.7 Å².